The number of hydrogen-bond acceptors (Lipinski definition) is 4. The topological polar surface area (TPSA) is 79.5 Å². The van der Waals surface area contributed by atoms with Gasteiger partial charge in [0, 0.05) is 10.6 Å². The van der Waals surface area contributed by atoms with Gasteiger partial charge in [0.1, 0.15) is 0 Å². The van der Waals surface area contributed by atoms with Gasteiger partial charge < -0.3 is 14.8 Å². The summed E-state index contributed by atoms with van der Waals surface area (Å²) in [4.78, 5) is 24.3. The van der Waals surface area contributed by atoms with Crippen molar-refractivity contribution in [3.8, 4) is 0 Å². The van der Waals surface area contributed by atoms with E-state index in [2.05, 4.69) is 5.32 Å². The fraction of sp³-hybridized carbons (Fsp3) is 0.200. The van der Waals surface area contributed by atoms with E-state index in [1.807, 2.05) is 0 Å². The molecule has 0 fully saturated rings. The van der Waals surface area contributed by atoms with Crippen LogP contribution in [0.15, 0.2) is 34.9 Å². The van der Waals surface area contributed by atoms with E-state index in [9.17, 15) is 14.7 Å². The lowest BCUT2D eigenvalue weighted by atomic mass is 9.88. The monoisotopic (exact) mass is 305 g/mol. The highest BCUT2D eigenvalue weighted by atomic mass is 35.5. The molecule has 0 aliphatic carbocycles. The van der Waals surface area contributed by atoms with Gasteiger partial charge in [-0.25, -0.2) is 0 Å². The maximum absolute atomic E-state index is 12.1. The van der Waals surface area contributed by atoms with Crippen LogP contribution in [0.2, 0.25) is 5.02 Å². The molecule has 0 spiro atoms. The summed E-state index contributed by atoms with van der Waals surface area (Å²) in [6, 6.07) is 6.24. The molecule has 1 atom stereocenters. The van der Waals surface area contributed by atoms with Gasteiger partial charge in [0.05, 0.1) is 18.4 Å². The average Bonchev–Trinajstić information content (AvgIpc) is 3.01. The van der Waals surface area contributed by atoms with Crippen molar-refractivity contribution in [1.82, 2.24) is 0 Å². The van der Waals surface area contributed by atoms with Gasteiger partial charge in [-0.15, -0.1) is 0 Å². The maximum Gasteiger partial charge on any atom is 0.261 e. The molecule has 2 aromatic rings. The minimum atomic E-state index is -1.94. The van der Waals surface area contributed by atoms with Crippen LogP contribution in [0.4, 0.5) is 5.69 Å². The van der Waals surface area contributed by atoms with E-state index in [4.69, 9.17) is 16.0 Å². The van der Waals surface area contributed by atoms with Crippen molar-refractivity contribution in [2.45, 2.75) is 18.9 Å². The van der Waals surface area contributed by atoms with E-state index < -0.39 is 23.7 Å². The summed E-state index contributed by atoms with van der Waals surface area (Å²) < 4.78 is 5.00. The maximum atomic E-state index is 12.1. The molecule has 21 heavy (non-hydrogen) atoms. The molecule has 6 heteroatoms. The summed E-state index contributed by atoms with van der Waals surface area (Å²) in [5.41, 5.74) is -0.390. The van der Waals surface area contributed by atoms with Crippen molar-refractivity contribution in [3.05, 3.63) is 52.4 Å². The van der Waals surface area contributed by atoms with Crippen molar-refractivity contribution in [3.63, 3.8) is 0 Å². The molecule has 0 saturated heterocycles. The third-order valence-corrected chi connectivity index (χ3v) is 3.79. The van der Waals surface area contributed by atoms with Crippen LogP contribution >= 0.6 is 11.6 Å². The highest BCUT2D eigenvalue weighted by Crippen LogP contribution is 2.42. The van der Waals surface area contributed by atoms with Gasteiger partial charge in [0.15, 0.2) is 11.4 Å². The van der Waals surface area contributed by atoms with Crippen LogP contribution in [0, 0.1) is 6.92 Å². The Morgan fingerprint density at radius 1 is 1.48 bits per heavy atom. The molecular formula is C15H12ClNO4. The Morgan fingerprint density at radius 2 is 2.24 bits per heavy atom. The number of aliphatic hydroxyl groups is 1. The zero-order valence-corrected chi connectivity index (χ0v) is 11.9. The first-order valence-electron chi connectivity index (χ1n) is 6.33. The predicted octanol–water partition coefficient (Wildman–Crippen LogP) is 2.65. The van der Waals surface area contributed by atoms with Crippen molar-refractivity contribution in [1.29, 1.82) is 0 Å². The van der Waals surface area contributed by atoms with Crippen LogP contribution in [-0.4, -0.2) is 16.8 Å². The first kappa shape index (κ1) is 13.9. The normalized spacial score (nSPS) is 20.2. The first-order valence-corrected chi connectivity index (χ1v) is 6.71. The van der Waals surface area contributed by atoms with Crippen LogP contribution in [-0.2, 0) is 10.4 Å². The number of furan rings is 1. The molecule has 0 radical (unpaired) electrons. The number of aryl methyl sites for hydroxylation is 1. The minimum Gasteiger partial charge on any atom is -0.461 e. The summed E-state index contributed by atoms with van der Waals surface area (Å²) >= 11 is 5.99. The highest BCUT2D eigenvalue weighted by molar-refractivity contribution is 6.31. The fourth-order valence-electron chi connectivity index (χ4n) is 2.51. The Labute approximate surface area is 125 Å². The molecule has 2 heterocycles. The Morgan fingerprint density at radius 3 is 2.90 bits per heavy atom. The highest BCUT2D eigenvalue weighted by Gasteiger charge is 2.47. The first-order chi connectivity index (χ1) is 9.91. The molecule has 0 saturated carbocycles. The number of hydrogen-bond donors (Lipinski definition) is 2. The van der Waals surface area contributed by atoms with E-state index in [0.717, 1.165) is 5.56 Å². The number of halogens is 1. The molecule has 1 aliphatic heterocycles. The molecule has 1 aromatic carbocycles. The number of nitrogens with one attached hydrogen (secondary N) is 1. The molecule has 0 bridgehead atoms. The molecule has 0 unspecified atom stereocenters. The van der Waals surface area contributed by atoms with Gasteiger partial charge in [-0.3, -0.25) is 9.59 Å². The zero-order chi connectivity index (χ0) is 15.2. The summed E-state index contributed by atoms with van der Waals surface area (Å²) in [6.45, 7) is 1.77. The van der Waals surface area contributed by atoms with E-state index in [1.165, 1.54) is 18.4 Å². The number of amides is 1. The lowest BCUT2D eigenvalue weighted by Crippen LogP contribution is -2.36. The Balaban J connectivity index is 2.02. The lowest BCUT2D eigenvalue weighted by molar-refractivity contribution is -0.133. The Bertz CT molecular complexity index is 738. The standard InChI is InChI=1S/C15H12ClNO4/c1-8-5-9(16)6-10-13(8)17-14(19)15(10,20)7-11(18)12-3-2-4-21-12/h2-6,20H,7H2,1H3,(H,17,19)/t15-/m1/s1. The van der Waals surface area contributed by atoms with Crippen molar-refractivity contribution >= 4 is 29.0 Å². The van der Waals surface area contributed by atoms with Gasteiger partial charge in [-0.2, -0.15) is 0 Å². The number of carbonyl (C=O) groups is 2. The number of ketones is 1. The summed E-state index contributed by atoms with van der Waals surface area (Å²) in [6.07, 6.45) is 0.958. The summed E-state index contributed by atoms with van der Waals surface area (Å²) in [7, 11) is 0. The largest absolute Gasteiger partial charge is 0.461 e. The fourth-order valence-corrected chi connectivity index (χ4v) is 2.78. The number of fused-ring (bicyclic) bond motifs is 1. The third kappa shape index (κ3) is 2.14. The number of carbonyl (C=O) groups excluding carboxylic acids is 2. The van der Waals surface area contributed by atoms with Crippen LogP contribution < -0.4 is 5.32 Å². The van der Waals surface area contributed by atoms with Gasteiger partial charge in [-0.05, 0) is 36.8 Å². The summed E-state index contributed by atoms with van der Waals surface area (Å²) in [5, 5.41) is 13.7. The van der Waals surface area contributed by atoms with E-state index in [-0.39, 0.29) is 5.76 Å². The molecule has 108 valence electrons. The van der Waals surface area contributed by atoms with Gasteiger partial charge >= 0.3 is 0 Å². The molecule has 1 amide bonds. The molecule has 3 rings (SSSR count). The van der Waals surface area contributed by atoms with Crippen molar-refractivity contribution in [2.75, 3.05) is 5.32 Å². The number of Topliss-reactive ketones (excluding diaryl/α,β-unsaturated/α-hetero) is 1. The number of anilines is 1. The molecule has 5 nitrogen and oxygen atoms in total. The van der Waals surface area contributed by atoms with Gasteiger partial charge in [-0.1, -0.05) is 11.6 Å². The predicted molar refractivity (Wildman–Crippen MR) is 76.4 cm³/mol. The molecule has 2 N–H and O–H groups in total. The molecular weight excluding hydrogens is 294 g/mol. The average molecular weight is 306 g/mol. The SMILES string of the molecule is Cc1cc(Cl)cc2c1NC(=O)[C@@]2(O)CC(=O)c1ccco1. The molecule has 1 aromatic heterocycles. The second-order valence-corrected chi connectivity index (χ2v) is 5.47. The Kier molecular flexibility index (Phi) is 3.11. The second-order valence-electron chi connectivity index (χ2n) is 5.04. The van der Waals surface area contributed by atoms with Crippen LogP contribution in [0.1, 0.15) is 28.1 Å². The minimum absolute atomic E-state index is 0.100. The second kappa shape index (κ2) is 4.72. The lowest BCUT2D eigenvalue weighted by Gasteiger charge is -2.19. The third-order valence-electron chi connectivity index (χ3n) is 3.57. The Hall–Kier alpha value is -2.11. The van der Waals surface area contributed by atoms with E-state index >= 15 is 0 Å². The van der Waals surface area contributed by atoms with Crippen LogP contribution in [0.3, 0.4) is 0 Å². The zero-order valence-electron chi connectivity index (χ0n) is 11.1. The van der Waals surface area contributed by atoms with Crippen LogP contribution in [0.5, 0.6) is 0 Å². The summed E-state index contributed by atoms with van der Waals surface area (Å²) in [5.74, 6) is -0.991. The van der Waals surface area contributed by atoms with Crippen LogP contribution in [0.25, 0.3) is 0 Å². The number of benzene rings is 1. The quantitative estimate of drug-likeness (QED) is 0.854. The van der Waals surface area contributed by atoms with E-state index in [1.54, 1.807) is 19.1 Å². The number of rotatable bonds is 3. The smallest absolute Gasteiger partial charge is 0.261 e. The van der Waals surface area contributed by atoms with Crippen molar-refractivity contribution < 1.29 is 19.1 Å². The van der Waals surface area contributed by atoms with Gasteiger partial charge in [0.25, 0.3) is 5.91 Å². The van der Waals surface area contributed by atoms with E-state index in [0.29, 0.717) is 16.3 Å². The van der Waals surface area contributed by atoms with Gasteiger partial charge in [0.2, 0.25) is 5.78 Å². The van der Waals surface area contributed by atoms with Crippen molar-refractivity contribution in [2.24, 2.45) is 0 Å². The molecule has 1 aliphatic rings.